The summed E-state index contributed by atoms with van der Waals surface area (Å²) in [6, 6.07) is 0.444. The normalized spacial score (nSPS) is 17.5. The van der Waals surface area contributed by atoms with Crippen LogP contribution in [0.3, 0.4) is 0 Å². The summed E-state index contributed by atoms with van der Waals surface area (Å²) < 4.78 is 2.38. The second kappa shape index (κ2) is 4.35. The van der Waals surface area contributed by atoms with Crippen molar-refractivity contribution in [3.05, 3.63) is 17.2 Å². The second-order valence-electron chi connectivity index (χ2n) is 4.43. The lowest BCUT2D eigenvalue weighted by atomic mass is 10.0. The molecule has 0 radical (unpaired) electrons. The van der Waals surface area contributed by atoms with Gasteiger partial charge in [0.15, 0.2) is 0 Å². The van der Waals surface area contributed by atoms with Crippen LogP contribution in [0.4, 0.5) is 0 Å². The molecule has 15 heavy (non-hydrogen) atoms. The van der Waals surface area contributed by atoms with Crippen molar-refractivity contribution in [1.29, 1.82) is 0 Å². The number of aryl methyl sites for hydroxylation is 2. The third-order valence-corrected chi connectivity index (χ3v) is 3.45. The van der Waals surface area contributed by atoms with Crippen LogP contribution in [0.5, 0.6) is 0 Å². The minimum absolute atomic E-state index is 0.444. The highest BCUT2D eigenvalue weighted by molar-refractivity contribution is 5.21. The smallest absolute Gasteiger partial charge is 0.106 e. The Balaban J connectivity index is 2.40. The van der Waals surface area contributed by atoms with E-state index in [-0.39, 0.29) is 0 Å². The Morgan fingerprint density at radius 3 is 2.80 bits per heavy atom. The number of fused-ring (bicyclic) bond motifs is 1. The van der Waals surface area contributed by atoms with Crippen molar-refractivity contribution in [3.8, 4) is 0 Å². The third kappa shape index (κ3) is 1.81. The van der Waals surface area contributed by atoms with Crippen LogP contribution in [-0.4, -0.2) is 16.1 Å². The van der Waals surface area contributed by atoms with Gasteiger partial charge < -0.3 is 10.3 Å². The van der Waals surface area contributed by atoms with E-state index in [0.29, 0.717) is 6.04 Å². The van der Waals surface area contributed by atoms with Gasteiger partial charge in [0.2, 0.25) is 0 Å². The zero-order valence-corrected chi connectivity index (χ0v) is 9.79. The van der Waals surface area contributed by atoms with Crippen LogP contribution in [0.15, 0.2) is 0 Å². The van der Waals surface area contributed by atoms with Crippen molar-refractivity contribution in [2.24, 2.45) is 5.73 Å². The van der Waals surface area contributed by atoms with Gasteiger partial charge in [0, 0.05) is 18.3 Å². The fourth-order valence-electron chi connectivity index (χ4n) is 2.64. The number of nitrogens with two attached hydrogens (primary N) is 1. The van der Waals surface area contributed by atoms with Crippen LogP contribution in [0.1, 0.15) is 49.4 Å². The number of nitrogens with zero attached hydrogens (tertiary/aromatic N) is 2. The Hall–Kier alpha value is -0.830. The fourth-order valence-corrected chi connectivity index (χ4v) is 2.64. The fraction of sp³-hybridized carbons (Fsp3) is 0.750. The van der Waals surface area contributed by atoms with Gasteiger partial charge in [-0.05, 0) is 39.0 Å². The minimum Gasteiger partial charge on any atom is -0.328 e. The van der Waals surface area contributed by atoms with Gasteiger partial charge >= 0.3 is 0 Å². The van der Waals surface area contributed by atoms with Gasteiger partial charge in [-0.1, -0.05) is 6.92 Å². The second-order valence-corrected chi connectivity index (χ2v) is 4.43. The topological polar surface area (TPSA) is 43.8 Å². The zero-order chi connectivity index (χ0) is 10.8. The average molecular weight is 207 g/mol. The lowest BCUT2D eigenvalue weighted by Gasteiger charge is -2.21. The van der Waals surface area contributed by atoms with E-state index < -0.39 is 0 Å². The monoisotopic (exact) mass is 207 g/mol. The summed E-state index contributed by atoms with van der Waals surface area (Å²) in [7, 11) is 0. The number of imidazole rings is 1. The Kier molecular flexibility index (Phi) is 3.10. The van der Waals surface area contributed by atoms with Crippen LogP contribution < -0.4 is 5.73 Å². The maximum Gasteiger partial charge on any atom is 0.106 e. The number of rotatable bonds is 3. The van der Waals surface area contributed by atoms with Crippen LogP contribution >= 0.6 is 0 Å². The lowest BCUT2D eigenvalue weighted by molar-refractivity contribution is 0.462. The van der Waals surface area contributed by atoms with Crippen molar-refractivity contribution in [3.63, 3.8) is 0 Å². The first-order valence-corrected chi connectivity index (χ1v) is 6.04. The van der Waals surface area contributed by atoms with Crippen LogP contribution in [0.25, 0.3) is 0 Å². The lowest BCUT2D eigenvalue weighted by Crippen LogP contribution is -2.22. The molecule has 84 valence electrons. The molecule has 3 heteroatoms. The molecule has 0 spiro atoms. The molecule has 2 N–H and O–H groups in total. The highest BCUT2D eigenvalue weighted by Gasteiger charge is 2.21. The molecule has 3 nitrogen and oxygen atoms in total. The van der Waals surface area contributed by atoms with E-state index in [9.17, 15) is 0 Å². The summed E-state index contributed by atoms with van der Waals surface area (Å²) in [4.78, 5) is 4.68. The largest absolute Gasteiger partial charge is 0.328 e. The standard InChI is InChI=1S/C12H21N3/c1-3-10(8-13)15-9(2)14-11-6-4-5-7-12(11)15/h10H,3-8,13H2,1-2H3. The van der Waals surface area contributed by atoms with Crippen molar-refractivity contribution in [2.75, 3.05) is 6.54 Å². The molecule has 1 aliphatic carbocycles. The van der Waals surface area contributed by atoms with Gasteiger partial charge in [-0.15, -0.1) is 0 Å². The Morgan fingerprint density at radius 2 is 2.13 bits per heavy atom. The predicted octanol–water partition coefficient (Wildman–Crippen LogP) is 1.98. The first-order chi connectivity index (χ1) is 7.27. The molecule has 0 amide bonds. The van der Waals surface area contributed by atoms with Gasteiger partial charge in [0.25, 0.3) is 0 Å². The maximum absolute atomic E-state index is 5.83. The highest BCUT2D eigenvalue weighted by Crippen LogP contribution is 2.26. The van der Waals surface area contributed by atoms with Crippen molar-refractivity contribution < 1.29 is 0 Å². The van der Waals surface area contributed by atoms with Gasteiger partial charge in [-0.2, -0.15) is 0 Å². The van der Waals surface area contributed by atoms with E-state index in [1.54, 1.807) is 0 Å². The minimum atomic E-state index is 0.444. The summed E-state index contributed by atoms with van der Waals surface area (Å²) in [6.07, 6.45) is 6.04. The highest BCUT2D eigenvalue weighted by atomic mass is 15.1. The molecule has 0 aliphatic heterocycles. The molecule has 1 atom stereocenters. The molecule has 2 rings (SSSR count). The molecule has 0 saturated heterocycles. The molecule has 0 aromatic carbocycles. The van der Waals surface area contributed by atoms with E-state index in [1.165, 1.54) is 30.7 Å². The summed E-state index contributed by atoms with van der Waals surface area (Å²) >= 11 is 0. The Morgan fingerprint density at radius 1 is 1.40 bits per heavy atom. The van der Waals surface area contributed by atoms with Gasteiger partial charge in [-0.25, -0.2) is 4.98 Å². The van der Waals surface area contributed by atoms with Gasteiger partial charge in [-0.3, -0.25) is 0 Å². The first kappa shape index (κ1) is 10.7. The summed E-state index contributed by atoms with van der Waals surface area (Å²) in [5.74, 6) is 1.15. The molecule has 1 heterocycles. The van der Waals surface area contributed by atoms with Crippen molar-refractivity contribution in [1.82, 2.24) is 9.55 Å². The Labute approximate surface area is 91.7 Å². The SMILES string of the molecule is CCC(CN)n1c(C)nc2c1CCCC2. The van der Waals surface area contributed by atoms with Crippen LogP contribution in [-0.2, 0) is 12.8 Å². The zero-order valence-electron chi connectivity index (χ0n) is 9.79. The molecule has 1 aromatic heterocycles. The van der Waals surface area contributed by atoms with Crippen LogP contribution in [0, 0.1) is 6.92 Å². The van der Waals surface area contributed by atoms with Gasteiger partial charge in [0.1, 0.15) is 5.82 Å². The van der Waals surface area contributed by atoms with Crippen molar-refractivity contribution >= 4 is 0 Å². The average Bonchev–Trinajstić information content (AvgIpc) is 2.58. The van der Waals surface area contributed by atoms with E-state index >= 15 is 0 Å². The molecular formula is C12H21N3. The molecule has 1 unspecified atom stereocenters. The van der Waals surface area contributed by atoms with E-state index in [4.69, 9.17) is 5.73 Å². The molecule has 0 fully saturated rings. The third-order valence-electron chi connectivity index (χ3n) is 3.45. The number of hydrogen-bond acceptors (Lipinski definition) is 2. The number of hydrogen-bond donors (Lipinski definition) is 1. The maximum atomic E-state index is 5.83. The summed E-state index contributed by atoms with van der Waals surface area (Å²) in [6.45, 7) is 5.03. The molecule has 1 aliphatic rings. The predicted molar refractivity (Wildman–Crippen MR) is 62.0 cm³/mol. The summed E-state index contributed by atoms with van der Waals surface area (Å²) in [5, 5.41) is 0. The Bertz CT molecular complexity index is 337. The quantitative estimate of drug-likeness (QED) is 0.823. The van der Waals surface area contributed by atoms with E-state index in [0.717, 1.165) is 25.2 Å². The van der Waals surface area contributed by atoms with Gasteiger partial charge in [0.05, 0.1) is 5.69 Å². The molecule has 0 bridgehead atoms. The molecular weight excluding hydrogens is 186 g/mol. The summed E-state index contributed by atoms with van der Waals surface area (Å²) in [5.41, 5.74) is 8.61. The van der Waals surface area contributed by atoms with Crippen LogP contribution in [0.2, 0.25) is 0 Å². The van der Waals surface area contributed by atoms with Crippen molar-refractivity contribution in [2.45, 2.75) is 52.0 Å². The first-order valence-electron chi connectivity index (χ1n) is 6.04. The number of aromatic nitrogens is 2. The molecule has 1 aromatic rings. The van der Waals surface area contributed by atoms with E-state index in [2.05, 4.69) is 23.4 Å². The molecule has 0 saturated carbocycles. The van der Waals surface area contributed by atoms with E-state index in [1.807, 2.05) is 0 Å².